The molecule has 2 aliphatic rings. The van der Waals surface area contributed by atoms with Crippen LogP contribution in [0, 0.1) is 0 Å². The molecule has 1 aromatic heterocycles. The smallest absolute Gasteiger partial charge is 0.265 e. The first-order valence-electron chi connectivity index (χ1n) is 10.7. The molecule has 0 saturated heterocycles. The lowest BCUT2D eigenvalue weighted by Crippen LogP contribution is -2.38. The quantitative estimate of drug-likeness (QED) is 0.614. The Labute approximate surface area is 191 Å². The van der Waals surface area contributed by atoms with Gasteiger partial charge in [0.25, 0.3) is 10.0 Å². The third-order valence-electron chi connectivity index (χ3n) is 5.79. The number of nitrogens with one attached hydrogen (secondary N) is 1. The summed E-state index contributed by atoms with van der Waals surface area (Å²) in [7, 11) is -2.76. The molecule has 2 heterocycles. The summed E-state index contributed by atoms with van der Waals surface area (Å²) in [6, 6.07) is 6.13. The van der Waals surface area contributed by atoms with Crippen molar-refractivity contribution in [3.8, 4) is 0 Å². The molecule has 10 nitrogen and oxygen atoms in total. The van der Waals surface area contributed by atoms with Crippen LogP contribution in [0.1, 0.15) is 43.4 Å². The molecule has 1 saturated carbocycles. The third kappa shape index (κ3) is 4.68. The topological polar surface area (TPSA) is 134 Å². The number of rotatable bonds is 6. The fraction of sp³-hybridized carbons (Fsp3) is 0.364. The summed E-state index contributed by atoms with van der Waals surface area (Å²) in [4.78, 5) is 24.9. The SMILES string of the molecule is CN1C(C(=O)/C=C/c2cn(CC(=O)NC3CCCCC3)nn2)=C(O)c2ccccc2S1(=O)=O. The Morgan fingerprint density at radius 3 is 2.70 bits per heavy atom. The molecule has 1 aliphatic carbocycles. The van der Waals surface area contributed by atoms with E-state index in [1.165, 1.54) is 42.6 Å². The fourth-order valence-corrected chi connectivity index (χ4v) is 5.48. The van der Waals surface area contributed by atoms with Crippen LogP contribution in [0.15, 0.2) is 47.1 Å². The fourth-order valence-electron chi connectivity index (χ4n) is 4.08. The molecule has 0 spiro atoms. The molecule has 1 amide bonds. The van der Waals surface area contributed by atoms with E-state index >= 15 is 0 Å². The molecular weight excluding hydrogens is 446 g/mol. The number of hydrogen-bond donors (Lipinski definition) is 2. The van der Waals surface area contributed by atoms with Crippen LogP contribution < -0.4 is 5.32 Å². The first kappa shape index (κ1) is 22.7. The Bertz CT molecular complexity index is 1240. The molecule has 1 aliphatic heterocycles. The van der Waals surface area contributed by atoms with E-state index in [1.807, 2.05) is 0 Å². The molecule has 0 atom stereocenters. The zero-order valence-corrected chi connectivity index (χ0v) is 19.0. The molecule has 33 heavy (non-hydrogen) atoms. The first-order valence-corrected chi connectivity index (χ1v) is 12.1. The van der Waals surface area contributed by atoms with E-state index in [9.17, 15) is 23.1 Å². The zero-order chi connectivity index (χ0) is 23.6. The number of allylic oxidation sites excluding steroid dienone is 1. The van der Waals surface area contributed by atoms with Gasteiger partial charge in [0.1, 0.15) is 17.9 Å². The lowest BCUT2D eigenvalue weighted by molar-refractivity contribution is -0.122. The number of amides is 1. The van der Waals surface area contributed by atoms with E-state index in [2.05, 4.69) is 15.6 Å². The summed E-state index contributed by atoms with van der Waals surface area (Å²) in [5.41, 5.74) is 0.0297. The van der Waals surface area contributed by atoms with Gasteiger partial charge in [0.2, 0.25) is 11.7 Å². The van der Waals surface area contributed by atoms with Crippen LogP contribution in [0.25, 0.3) is 11.8 Å². The Hall–Kier alpha value is -3.47. The standard InChI is InChI=1S/C22H25N5O5S/c1-26-21(22(30)17-9-5-6-10-19(17)33(26,31)32)18(28)12-11-16-13-27(25-24-16)14-20(29)23-15-7-3-2-4-8-15/h5-6,9-13,15,30H,2-4,7-8,14H2,1H3,(H,23,29)/b12-11+. The predicted molar refractivity (Wildman–Crippen MR) is 120 cm³/mol. The van der Waals surface area contributed by atoms with E-state index in [4.69, 9.17) is 0 Å². The molecule has 1 aromatic carbocycles. The number of sulfonamides is 1. The van der Waals surface area contributed by atoms with E-state index in [0.29, 0.717) is 5.69 Å². The second-order valence-electron chi connectivity index (χ2n) is 8.11. The largest absolute Gasteiger partial charge is 0.505 e. The summed E-state index contributed by atoms with van der Waals surface area (Å²) in [5.74, 6) is -1.28. The van der Waals surface area contributed by atoms with Crippen molar-refractivity contribution in [3.63, 3.8) is 0 Å². The van der Waals surface area contributed by atoms with Gasteiger partial charge in [-0.2, -0.15) is 0 Å². The average Bonchev–Trinajstić information content (AvgIpc) is 3.24. The summed E-state index contributed by atoms with van der Waals surface area (Å²) in [6.07, 6.45) is 9.37. The summed E-state index contributed by atoms with van der Waals surface area (Å²) >= 11 is 0. The van der Waals surface area contributed by atoms with Crippen LogP contribution in [0.2, 0.25) is 0 Å². The lowest BCUT2D eigenvalue weighted by atomic mass is 9.95. The maximum Gasteiger partial charge on any atom is 0.265 e. The number of benzene rings is 1. The van der Waals surface area contributed by atoms with Crippen molar-refractivity contribution in [1.82, 2.24) is 24.6 Å². The number of ketones is 1. The maximum absolute atomic E-state index is 12.8. The maximum atomic E-state index is 12.8. The molecule has 174 valence electrons. The van der Waals surface area contributed by atoms with Crippen LogP contribution in [-0.4, -0.2) is 57.6 Å². The minimum absolute atomic E-state index is 0.00892. The second-order valence-corrected chi connectivity index (χ2v) is 10.0. The molecule has 0 unspecified atom stereocenters. The number of carbonyl (C=O) groups is 2. The monoisotopic (exact) mass is 471 g/mol. The van der Waals surface area contributed by atoms with E-state index < -0.39 is 21.6 Å². The highest BCUT2D eigenvalue weighted by molar-refractivity contribution is 7.89. The van der Waals surface area contributed by atoms with Crippen LogP contribution in [0.4, 0.5) is 0 Å². The summed E-state index contributed by atoms with van der Waals surface area (Å²) in [6.45, 7) is 0.00892. The van der Waals surface area contributed by atoms with Crippen LogP contribution in [-0.2, 0) is 26.2 Å². The van der Waals surface area contributed by atoms with E-state index in [1.54, 1.807) is 12.1 Å². The normalized spacial score (nSPS) is 18.4. The van der Waals surface area contributed by atoms with Gasteiger partial charge in [0.15, 0.2) is 5.76 Å². The van der Waals surface area contributed by atoms with Gasteiger partial charge in [-0.1, -0.05) is 36.6 Å². The Morgan fingerprint density at radius 1 is 1.21 bits per heavy atom. The first-order chi connectivity index (χ1) is 15.8. The molecule has 11 heteroatoms. The van der Waals surface area contributed by atoms with Crippen LogP contribution in [0.3, 0.4) is 0 Å². The van der Waals surface area contributed by atoms with Crippen molar-refractivity contribution in [2.75, 3.05) is 7.05 Å². The minimum atomic E-state index is -3.97. The Morgan fingerprint density at radius 2 is 1.94 bits per heavy atom. The van der Waals surface area contributed by atoms with Crippen molar-refractivity contribution in [2.45, 2.75) is 49.6 Å². The van der Waals surface area contributed by atoms with Crippen molar-refractivity contribution >= 4 is 33.5 Å². The van der Waals surface area contributed by atoms with Gasteiger partial charge in [-0.05, 0) is 37.1 Å². The van der Waals surface area contributed by atoms with E-state index in [0.717, 1.165) is 36.1 Å². The lowest BCUT2D eigenvalue weighted by Gasteiger charge is -2.27. The van der Waals surface area contributed by atoms with Gasteiger partial charge in [-0.15, -0.1) is 5.10 Å². The summed E-state index contributed by atoms with van der Waals surface area (Å²) < 4.78 is 27.6. The predicted octanol–water partition coefficient (Wildman–Crippen LogP) is 1.87. The molecule has 0 bridgehead atoms. The van der Waals surface area contributed by atoms with Crippen LogP contribution in [0.5, 0.6) is 0 Å². The number of carbonyl (C=O) groups excluding carboxylic acids is 2. The average molecular weight is 472 g/mol. The highest BCUT2D eigenvalue weighted by Crippen LogP contribution is 2.34. The van der Waals surface area contributed by atoms with Crippen molar-refractivity contribution < 1.29 is 23.1 Å². The van der Waals surface area contributed by atoms with Gasteiger partial charge >= 0.3 is 0 Å². The van der Waals surface area contributed by atoms with Crippen molar-refractivity contribution in [3.05, 3.63) is 53.5 Å². The minimum Gasteiger partial charge on any atom is -0.505 e. The van der Waals surface area contributed by atoms with E-state index in [-0.39, 0.29) is 34.6 Å². The second kappa shape index (κ2) is 9.18. The number of aromatic nitrogens is 3. The number of aliphatic hydroxyl groups is 1. The number of hydrogen-bond acceptors (Lipinski definition) is 7. The van der Waals surface area contributed by atoms with Crippen molar-refractivity contribution in [2.24, 2.45) is 0 Å². The Kier molecular flexibility index (Phi) is 6.32. The van der Waals surface area contributed by atoms with Gasteiger partial charge in [0, 0.05) is 18.7 Å². The third-order valence-corrected chi connectivity index (χ3v) is 7.61. The zero-order valence-electron chi connectivity index (χ0n) is 18.1. The Balaban J connectivity index is 1.46. The summed E-state index contributed by atoms with van der Waals surface area (Å²) in [5, 5.41) is 21.4. The van der Waals surface area contributed by atoms with Gasteiger partial charge < -0.3 is 10.4 Å². The number of aliphatic hydroxyl groups excluding tert-OH is 1. The van der Waals surface area contributed by atoms with Gasteiger partial charge in [0.05, 0.1) is 11.1 Å². The van der Waals surface area contributed by atoms with Gasteiger partial charge in [-0.3, -0.25) is 13.9 Å². The molecule has 2 N–H and O–H groups in total. The highest BCUT2D eigenvalue weighted by Gasteiger charge is 2.36. The van der Waals surface area contributed by atoms with Crippen LogP contribution >= 0.6 is 0 Å². The number of nitrogens with zero attached hydrogens (tertiary/aromatic N) is 4. The number of likely N-dealkylation sites (N-methyl/N-ethyl adjacent to an activating group) is 1. The highest BCUT2D eigenvalue weighted by atomic mass is 32.2. The van der Waals surface area contributed by atoms with Crippen molar-refractivity contribution in [1.29, 1.82) is 0 Å². The van der Waals surface area contributed by atoms with Gasteiger partial charge in [-0.25, -0.2) is 13.1 Å². The molecule has 2 aromatic rings. The number of fused-ring (bicyclic) bond motifs is 1. The molecule has 1 fully saturated rings. The molecule has 4 rings (SSSR count). The molecule has 0 radical (unpaired) electrons. The molecular formula is C22H25N5O5S.